The van der Waals surface area contributed by atoms with Crippen LogP contribution in [0.15, 0.2) is 18.2 Å². The Morgan fingerprint density at radius 3 is 2.71 bits per heavy atom. The Labute approximate surface area is 114 Å². The van der Waals surface area contributed by atoms with E-state index < -0.39 is 0 Å². The predicted molar refractivity (Wildman–Crippen MR) is 75.2 cm³/mol. The summed E-state index contributed by atoms with van der Waals surface area (Å²) in [7, 11) is 0. The van der Waals surface area contributed by atoms with Crippen molar-refractivity contribution in [3.8, 4) is 0 Å². The lowest BCUT2D eigenvalue weighted by molar-refractivity contribution is -0.385. The lowest BCUT2D eigenvalue weighted by atomic mass is 10.2. The summed E-state index contributed by atoms with van der Waals surface area (Å²) in [4.78, 5) is 10.2. The van der Waals surface area contributed by atoms with Gasteiger partial charge in [-0.2, -0.15) is 0 Å². The molecule has 0 amide bonds. The van der Waals surface area contributed by atoms with Crippen molar-refractivity contribution in [3.05, 3.63) is 31.9 Å². The SMILES string of the molecule is O=[N+]([O-])c1ccc(NCCCCCO)cc1I. The smallest absolute Gasteiger partial charge is 0.282 e. The van der Waals surface area contributed by atoms with Gasteiger partial charge in [0.05, 0.1) is 8.49 Å². The molecule has 0 bridgehead atoms. The summed E-state index contributed by atoms with van der Waals surface area (Å²) in [6.07, 6.45) is 2.78. The summed E-state index contributed by atoms with van der Waals surface area (Å²) in [5.74, 6) is 0. The Kier molecular flexibility index (Phi) is 6.20. The van der Waals surface area contributed by atoms with E-state index in [1.807, 2.05) is 22.6 Å². The first-order chi connectivity index (χ1) is 8.15. The number of nitrogens with zero attached hydrogens (tertiary/aromatic N) is 1. The van der Waals surface area contributed by atoms with Crippen molar-refractivity contribution in [1.29, 1.82) is 0 Å². The maximum atomic E-state index is 10.6. The predicted octanol–water partition coefficient (Wildman–Crippen LogP) is 2.77. The average Bonchev–Trinajstić information content (AvgIpc) is 2.28. The van der Waals surface area contributed by atoms with Crippen LogP contribution in [0.3, 0.4) is 0 Å². The van der Waals surface area contributed by atoms with Crippen molar-refractivity contribution in [2.45, 2.75) is 19.3 Å². The molecule has 0 aromatic heterocycles. The normalized spacial score (nSPS) is 10.2. The molecule has 94 valence electrons. The van der Waals surface area contributed by atoms with Crippen molar-refractivity contribution >= 4 is 34.0 Å². The van der Waals surface area contributed by atoms with E-state index in [1.165, 1.54) is 6.07 Å². The average molecular weight is 350 g/mol. The molecule has 1 aromatic rings. The third-order valence-electron chi connectivity index (χ3n) is 2.31. The standard InChI is InChI=1S/C11H15IN2O3/c12-10-8-9(4-5-11(10)14(16)17)13-6-2-1-3-7-15/h4-5,8,13,15H,1-3,6-7H2. The maximum absolute atomic E-state index is 10.6. The van der Waals surface area contributed by atoms with Crippen molar-refractivity contribution < 1.29 is 10.0 Å². The van der Waals surface area contributed by atoms with Gasteiger partial charge < -0.3 is 10.4 Å². The number of unbranched alkanes of at least 4 members (excludes halogenated alkanes) is 2. The van der Waals surface area contributed by atoms with E-state index in [4.69, 9.17) is 5.11 Å². The van der Waals surface area contributed by atoms with Crippen LogP contribution < -0.4 is 5.32 Å². The minimum Gasteiger partial charge on any atom is -0.396 e. The number of nitrogens with one attached hydrogen (secondary N) is 1. The second-order valence-electron chi connectivity index (χ2n) is 3.63. The fraction of sp³-hybridized carbons (Fsp3) is 0.455. The van der Waals surface area contributed by atoms with Crippen molar-refractivity contribution in [2.24, 2.45) is 0 Å². The minimum atomic E-state index is -0.382. The van der Waals surface area contributed by atoms with Crippen molar-refractivity contribution in [1.82, 2.24) is 0 Å². The lowest BCUT2D eigenvalue weighted by Gasteiger charge is -2.06. The van der Waals surface area contributed by atoms with Gasteiger partial charge in [0.2, 0.25) is 0 Å². The number of rotatable bonds is 7. The molecule has 2 N–H and O–H groups in total. The topological polar surface area (TPSA) is 75.4 Å². The summed E-state index contributed by atoms with van der Waals surface area (Å²) >= 11 is 1.96. The van der Waals surface area contributed by atoms with Gasteiger partial charge in [-0.15, -0.1) is 0 Å². The first-order valence-corrected chi connectivity index (χ1v) is 6.51. The molecule has 0 saturated carbocycles. The molecule has 0 heterocycles. The number of hydrogen-bond donors (Lipinski definition) is 2. The number of halogens is 1. The van der Waals surface area contributed by atoms with E-state index >= 15 is 0 Å². The molecule has 0 aliphatic rings. The van der Waals surface area contributed by atoms with Gasteiger partial charge in [0.25, 0.3) is 5.69 Å². The Morgan fingerprint density at radius 2 is 2.12 bits per heavy atom. The molecule has 0 atom stereocenters. The molecule has 0 saturated heterocycles. The van der Waals surface area contributed by atoms with Gasteiger partial charge in [-0.1, -0.05) is 0 Å². The van der Waals surface area contributed by atoms with Crippen LogP contribution in [-0.4, -0.2) is 23.2 Å². The molecule has 0 spiro atoms. The molecular weight excluding hydrogens is 335 g/mol. The third-order valence-corrected chi connectivity index (χ3v) is 3.17. The summed E-state index contributed by atoms with van der Waals surface area (Å²) < 4.78 is 0.632. The number of hydrogen-bond acceptors (Lipinski definition) is 4. The molecule has 0 fully saturated rings. The molecule has 0 radical (unpaired) electrons. The van der Waals surface area contributed by atoms with E-state index in [-0.39, 0.29) is 17.2 Å². The van der Waals surface area contributed by atoms with Crippen LogP contribution in [0.4, 0.5) is 11.4 Å². The molecule has 17 heavy (non-hydrogen) atoms. The van der Waals surface area contributed by atoms with Gasteiger partial charge in [0, 0.05) is 24.9 Å². The number of nitro groups is 1. The molecule has 6 heteroatoms. The van der Waals surface area contributed by atoms with E-state index in [1.54, 1.807) is 12.1 Å². The molecule has 0 aliphatic carbocycles. The van der Waals surface area contributed by atoms with Gasteiger partial charge in [-0.05, 0) is 54.0 Å². The van der Waals surface area contributed by atoms with Crippen LogP contribution in [0.2, 0.25) is 0 Å². The van der Waals surface area contributed by atoms with Crippen molar-refractivity contribution in [3.63, 3.8) is 0 Å². The van der Waals surface area contributed by atoms with Gasteiger partial charge in [-0.3, -0.25) is 10.1 Å². The molecule has 1 aromatic carbocycles. The maximum Gasteiger partial charge on any atom is 0.282 e. The summed E-state index contributed by atoms with van der Waals surface area (Å²) in [6.45, 7) is 1.04. The Balaban J connectivity index is 2.45. The lowest BCUT2D eigenvalue weighted by Crippen LogP contribution is -2.02. The highest BCUT2D eigenvalue weighted by atomic mass is 127. The zero-order chi connectivity index (χ0) is 12.7. The number of nitro benzene ring substituents is 1. The van der Waals surface area contributed by atoms with E-state index in [0.29, 0.717) is 3.57 Å². The Hall–Kier alpha value is -0.890. The van der Waals surface area contributed by atoms with Gasteiger partial charge >= 0.3 is 0 Å². The molecule has 1 rings (SSSR count). The highest BCUT2D eigenvalue weighted by Crippen LogP contribution is 2.24. The number of aliphatic hydroxyl groups is 1. The molecule has 5 nitrogen and oxygen atoms in total. The monoisotopic (exact) mass is 350 g/mol. The summed E-state index contributed by atoms with van der Waals surface area (Å²) in [5, 5.41) is 22.4. The van der Waals surface area contributed by atoms with Crippen LogP contribution in [0.25, 0.3) is 0 Å². The number of benzene rings is 1. The zero-order valence-electron chi connectivity index (χ0n) is 9.36. The fourth-order valence-electron chi connectivity index (χ4n) is 1.41. The second-order valence-corrected chi connectivity index (χ2v) is 4.80. The van der Waals surface area contributed by atoms with Gasteiger partial charge in [0.1, 0.15) is 0 Å². The summed E-state index contributed by atoms with van der Waals surface area (Å²) in [6, 6.07) is 4.99. The van der Waals surface area contributed by atoms with Crippen molar-refractivity contribution in [2.75, 3.05) is 18.5 Å². The Bertz CT molecular complexity index is 385. The van der Waals surface area contributed by atoms with Gasteiger partial charge in [0.15, 0.2) is 0 Å². The Morgan fingerprint density at radius 1 is 1.35 bits per heavy atom. The van der Waals surface area contributed by atoms with E-state index in [2.05, 4.69) is 5.32 Å². The second kappa shape index (κ2) is 7.44. The van der Waals surface area contributed by atoms with Crippen LogP contribution in [0.5, 0.6) is 0 Å². The zero-order valence-corrected chi connectivity index (χ0v) is 11.5. The number of anilines is 1. The quantitative estimate of drug-likeness (QED) is 0.343. The fourth-order valence-corrected chi connectivity index (χ4v) is 2.12. The van der Waals surface area contributed by atoms with Crippen LogP contribution in [-0.2, 0) is 0 Å². The van der Waals surface area contributed by atoms with Gasteiger partial charge in [-0.25, -0.2) is 0 Å². The minimum absolute atomic E-state index is 0.136. The highest BCUT2D eigenvalue weighted by Gasteiger charge is 2.10. The molecular formula is C11H15IN2O3. The first-order valence-electron chi connectivity index (χ1n) is 5.44. The highest BCUT2D eigenvalue weighted by molar-refractivity contribution is 14.1. The van der Waals surface area contributed by atoms with E-state index in [0.717, 1.165) is 31.5 Å². The first kappa shape index (κ1) is 14.2. The third kappa shape index (κ3) is 4.86. The van der Waals surface area contributed by atoms with Crippen LogP contribution in [0.1, 0.15) is 19.3 Å². The summed E-state index contributed by atoms with van der Waals surface area (Å²) in [5.41, 5.74) is 1.03. The van der Waals surface area contributed by atoms with Crippen LogP contribution >= 0.6 is 22.6 Å². The largest absolute Gasteiger partial charge is 0.396 e. The molecule has 0 aliphatic heterocycles. The van der Waals surface area contributed by atoms with E-state index in [9.17, 15) is 10.1 Å². The molecule has 0 unspecified atom stereocenters. The number of aliphatic hydroxyl groups excluding tert-OH is 1. The van der Waals surface area contributed by atoms with Crippen LogP contribution in [0, 0.1) is 13.7 Å².